The second-order valence-corrected chi connectivity index (χ2v) is 4.48. The van der Waals surface area contributed by atoms with E-state index in [1.807, 2.05) is 12.4 Å². The van der Waals surface area contributed by atoms with Gasteiger partial charge in [-0.3, -0.25) is 4.79 Å². The third kappa shape index (κ3) is 4.70. The van der Waals surface area contributed by atoms with Crippen molar-refractivity contribution in [3.63, 3.8) is 0 Å². The van der Waals surface area contributed by atoms with Crippen LogP contribution in [0, 0.1) is 0 Å². The van der Waals surface area contributed by atoms with Crippen LogP contribution < -0.4 is 4.90 Å². The van der Waals surface area contributed by atoms with Crippen molar-refractivity contribution in [3.05, 3.63) is 11.1 Å². The van der Waals surface area contributed by atoms with Crippen molar-refractivity contribution < 1.29 is 14.3 Å². The number of rotatable bonds is 7. The molecule has 0 saturated heterocycles. The fraction of sp³-hybridized carbons (Fsp3) is 0.636. The molecule has 1 aromatic heterocycles. The molecule has 0 atom stereocenters. The molecule has 5 nitrogen and oxygen atoms in total. The second kappa shape index (κ2) is 7.24. The van der Waals surface area contributed by atoms with Gasteiger partial charge in [0.2, 0.25) is 0 Å². The number of ether oxygens (including phenoxy) is 2. The maximum absolute atomic E-state index is 11.1. The van der Waals surface area contributed by atoms with Gasteiger partial charge in [0.1, 0.15) is 0 Å². The summed E-state index contributed by atoms with van der Waals surface area (Å²) in [6.45, 7) is 1.63. The first-order valence-corrected chi connectivity index (χ1v) is 6.26. The number of hydrogen-bond acceptors (Lipinski definition) is 6. The van der Waals surface area contributed by atoms with Gasteiger partial charge in [-0.15, -0.1) is 11.3 Å². The summed E-state index contributed by atoms with van der Waals surface area (Å²) < 4.78 is 9.59. The molecule has 0 spiro atoms. The van der Waals surface area contributed by atoms with E-state index in [1.54, 1.807) is 7.11 Å². The average Bonchev–Trinajstić information content (AvgIpc) is 2.77. The van der Waals surface area contributed by atoms with Crippen molar-refractivity contribution >= 4 is 22.4 Å². The van der Waals surface area contributed by atoms with E-state index in [0.29, 0.717) is 0 Å². The molecule has 0 aromatic carbocycles. The molecule has 1 aromatic rings. The molecule has 0 fully saturated rings. The fourth-order valence-electron chi connectivity index (χ4n) is 1.31. The predicted molar refractivity (Wildman–Crippen MR) is 67.6 cm³/mol. The molecule has 0 N–H and O–H groups in total. The van der Waals surface area contributed by atoms with Gasteiger partial charge in [-0.25, -0.2) is 4.98 Å². The number of nitrogens with zero attached hydrogens (tertiary/aromatic N) is 2. The molecule has 0 bridgehead atoms. The molecular weight excluding hydrogens is 240 g/mol. The van der Waals surface area contributed by atoms with Crippen molar-refractivity contribution in [2.24, 2.45) is 0 Å². The van der Waals surface area contributed by atoms with Gasteiger partial charge in [-0.1, -0.05) is 0 Å². The minimum absolute atomic E-state index is 0.235. The predicted octanol–water partition coefficient (Wildman–Crippen LogP) is 1.33. The lowest BCUT2D eigenvalue weighted by molar-refractivity contribution is -0.139. The summed E-state index contributed by atoms with van der Waals surface area (Å²) in [5, 5.41) is 2.80. The lowest BCUT2D eigenvalue weighted by atomic mass is 10.3. The Morgan fingerprint density at radius 3 is 2.94 bits per heavy atom. The van der Waals surface area contributed by atoms with Gasteiger partial charge < -0.3 is 14.4 Å². The number of hydrogen-bond donors (Lipinski definition) is 0. The summed E-state index contributed by atoms with van der Waals surface area (Å²) in [4.78, 5) is 17.5. The Hall–Kier alpha value is -1.14. The van der Waals surface area contributed by atoms with E-state index in [-0.39, 0.29) is 12.4 Å². The molecule has 1 rings (SSSR count). The number of aromatic nitrogens is 1. The highest BCUT2D eigenvalue weighted by Crippen LogP contribution is 2.19. The standard InChI is InChI=1S/C11H18N2O3S/c1-13(5-4-6-15-2)11-12-9(8-17-11)7-10(14)16-3/h8H,4-7H2,1-3H3. The molecule has 0 unspecified atom stereocenters. The van der Waals surface area contributed by atoms with Gasteiger partial charge in [-0.2, -0.15) is 0 Å². The van der Waals surface area contributed by atoms with Crippen LogP contribution in [-0.2, 0) is 20.7 Å². The highest BCUT2D eigenvalue weighted by molar-refractivity contribution is 7.13. The van der Waals surface area contributed by atoms with E-state index < -0.39 is 0 Å². The molecule has 96 valence electrons. The number of anilines is 1. The molecule has 0 amide bonds. The SMILES string of the molecule is COCCCN(C)c1nc(CC(=O)OC)cs1. The Bertz CT molecular complexity index is 354. The zero-order chi connectivity index (χ0) is 12.7. The summed E-state index contributed by atoms with van der Waals surface area (Å²) in [5.41, 5.74) is 0.760. The zero-order valence-electron chi connectivity index (χ0n) is 10.4. The van der Waals surface area contributed by atoms with Gasteiger partial charge >= 0.3 is 5.97 Å². The van der Waals surface area contributed by atoms with Crippen LogP contribution in [0.2, 0.25) is 0 Å². The van der Waals surface area contributed by atoms with E-state index in [9.17, 15) is 4.79 Å². The van der Waals surface area contributed by atoms with Crippen LogP contribution in [0.1, 0.15) is 12.1 Å². The highest BCUT2D eigenvalue weighted by atomic mass is 32.1. The lowest BCUT2D eigenvalue weighted by Crippen LogP contribution is -2.19. The van der Waals surface area contributed by atoms with Gasteiger partial charge in [-0.05, 0) is 6.42 Å². The summed E-state index contributed by atoms with van der Waals surface area (Å²) in [5.74, 6) is -0.260. The van der Waals surface area contributed by atoms with Gasteiger partial charge in [0, 0.05) is 32.7 Å². The maximum atomic E-state index is 11.1. The van der Waals surface area contributed by atoms with E-state index in [4.69, 9.17) is 4.74 Å². The van der Waals surface area contributed by atoms with E-state index in [1.165, 1.54) is 18.4 Å². The number of thiazole rings is 1. The van der Waals surface area contributed by atoms with Crippen LogP contribution in [-0.4, -0.2) is 45.4 Å². The largest absolute Gasteiger partial charge is 0.469 e. The first kappa shape index (κ1) is 13.9. The molecule has 6 heteroatoms. The third-order valence-corrected chi connectivity index (χ3v) is 3.26. The Labute approximate surface area is 105 Å². The summed E-state index contributed by atoms with van der Waals surface area (Å²) >= 11 is 1.53. The molecule has 0 aliphatic carbocycles. The van der Waals surface area contributed by atoms with Crippen molar-refractivity contribution in [1.82, 2.24) is 4.98 Å². The van der Waals surface area contributed by atoms with Crippen LogP contribution in [0.25, 0.3) is 0 Å². The molecule has 0 aliphatic heterocycles. The Morgan fingerprint density at radius 2 is 2.29 bits per heavy atom. The molecule has 0 radical (unpaired) electrons. The van der Waals surface area contributed by atoms with Crippen molar-refractivity contribution in [3.8, 4) is 0 Å². The Kier molecular flexibility index (Phi) is 5.93. The minimum atomic E-state index is -0.260. The molecule has 0 aliphatic rings. The first-order valence-electron chi connectivity index (χ1n) is 5.38. The quantitative estimate of drug-likeness (QED) is 0.545. The minimum Gasteiger partial charge on any atom is -0.469 e. The first-order chi connectivity index (χ1) is 8.17. The van der Waals surface area contributed by atoms with E-state index >= 15 is 0 Å². The number of carbonyl (C=O) groups excluding carboxylic acids is 1. The summed E-state index contributed by atoms with van der Waals surface area (Å²) in [6.07, 6.45) is 1.19. The van der Waals surface area contributed by atoms with Gasteiger partial charge in [0.15, 0.2) is 5.13 Å². The monoisotopic (exact) mass is 258 g/mol. The average molecular weight is 258 g/mol. The smallest absolute Gasteiger partial charge is 0.311 e. The van der Waals surface area contributed by atoms with E-state index in [2.05, 4.69) is 14.6 Å². The maximum Gasteiger partial charge on any atom is 0.311 e. The number of methoxy groups -OCH3 is 2. The number of esters is 1. The van der Waals surface area contributed by atoms with Gasteiger partial charge in [0.25, 0.3) is 0 Å². The highest BCUT2D eigenvalue weighted by Gasteiger charge is 2.10. The van der Waals surface area contributed by atoms with Crippen LogP contribution >= 0.6 is 11.3 Å². The Morgan fingerprint density at radius 1 is 1.53 bits per heavy atom. The lowest BCUT2D eigenvalue weighted by Gasteiger charge is -2.14. The van der Waals surface area contributed by atoms with Crippen molar-refractivity contribution in [2.75, 3.05) is 39.3 Å². The van der Waals surface area contributed by atoms with Crippen molar-refractivity contribution in [1.29, 1.82) is 0 Å². The van der Waals surface area contributed by atoms with Crippen LogP contribution in [0.4, 0.5) is 5.13 Å². The fourth-order valence-corrected chi connectivity index (χ4v) is 2.13. The summed E-state index contributed by atoms with van der Waals surface area (Å²) in [6, 6.07) is 0. The molecule has 17 heavy (non-hydrogen) atoms. The molecule has 1 heterocycles. The zero-order valence-corrected chi connectivity index (χ0v) is 11.2. The van der Waals surface area contributed by atoms with Gasteiger partial charge in [0.05, 0.1) is 19.2 Å². The molecule has 0 saturated carbocycles. The van der Waals surface area contributed by atoms with E-state index in [0.717, 1.165) is 30.4 Å². The van der Waals surface area contributed by atoms with Crippen LogP contribution in [0.15, 0.2) is 5.38 Å². The van der Waals surface area contributed by atoms with Crippen LogP contribution in [0.5, 0.6) is 0 Å². The van der Waals surface area contributed by atoms with Crippen molar-refractivity contribution in [2.45, 2.75) is 12.8 Å². The topological polar surface area (TPSA) is 51.7 Å². The normalized spacial score (nSPS) is 10.3. The van der Waals surface area contributed by atoms with Crippen LogP contribution in [0.3, 0.4) is 0 Å². The second-order valence-electron chi connectivity index (χ2n) is 3.64. The number of carbonyl (C=O) groups is 1. The Balaban J connectivity index is 2.46. The summed E-state index contributed by atoms with van der Waals surface area (Å²) in [7, 11) is 5.06. The third-order valence-electron chi connectivity index (χ3n) is 2.26. The molecular formula is C11H18N2O3S.